The molecule has 19 heavy (non-hydrogen) atoms. The lowest BCUT2D eigenvalue weighted by Crippen LogP contribution is -1.92. The van der Waals surface area contributed by atoms with Gasteiger partial charge in [0.25, 0.3) is 0 Å². The third-order valence-electron chi connectivity index (χ3n) is 3.15. The van der Waals surface area contributed by atoms with Crippen molar-refractivity contribution in [2.24, 2.45) is 0 Å². The van der Waals surface area contributed by atoms with Crippen LogP contribution in [0.4, 0.5) is 0 Å². The molecule has 0 fully saturated rings. The van der Waals surface area contributed by atoms with Crippen LogP contribution in [-0.4, -0.2) is 16.5 Å². The lowest BCUT2D eigenvalue weighted by atomic mass is 10.1. The SMILES string of the molecule is COc1ccc(-c2csc3ncc(CCl)n23)cc1C. The zero-order valence-electron chi connectivity index (χ0n) is 10.7. The van der Waals surface area contributed by atoms with E-state index >= 15 is 0 Å². The highest BCUT2D eigenvalue weighted by atomic mass is 35.5. The van der Waals surface area contributed by atoms with Crippen molar-refractivity contribution < 1.29 is 4.74 Å². The minimum atomic E-state index is 0.458. The van der Waals surface area contributed by atoms with Crippen molar-refractivity contribution in [1.82, 2.24) is 9.38 Å². The number of rotatable bonds is 3. The Bertz CT molecular complexity index is 732. The van der Waals surface area contributed by atoms with E-state index < -0.39 is 0 Å². The molecule has 5 heteroatoms. The molecule has 3 aromatic rings. The zero-order valence-corrected chi connectivity index (χ0v) is 12.3. The van der Waals surface area contributed by atoms with Gasteiger partial charge in [-0.25, -0.2) is 4.98 Å². The highest BCUT2D eigenvalue weighted by Crippen LogP contribution is 2.30. The third kappa shape index (κ3) is 2.01. The highest BCUT2D eigenvalue weighted by molar-refractivity contribution is 7.15. The zero-order chi connectivity index (χ0) is 13.4. The molecule has 1 aromatic carbocycles. The number of imidazole rings is 1. The van der Waals surface area contributed by atoms with Gasteiger partial charge in [-0.15, -0.1) is 22.9 Å². The van der Waals surface area contributed by atoms with E-state index in [0.29, 0.717) is 5.88 Å². The molecule has 0 spiro atoms. The van der Waals surface area contributed by atoms with Gasteiger partial charge in [0.15, 0.2) is 4.96 Å². The molecule has 0 saturated carbocycles. The van der Waals surface area contributed by atoms with Gasteiger partial charge in [0.2, 0.25) is 0 Å². The normalized spacial score (nSPS) is 11.1. The fourth-order valence-corrected chi connectivity index (χ4v) is 3.28. The summed E-state index contributed by atoms with van der Waals surface area (Å²) in [6.45, 7) is 2.04. The first-order valence-electron chi connectivity index (χ1n) is 5.89. The fraction of sp³-hybridized carbons (Fsp3) is 0.214. The number of halogens is 1. The number of ether oxygens (including phenoxy) is 1. The van der Waals surface area contributed by atoms with Crippen LogP contribution in [0.2, 0.25) is 0 Å². The Hall–Kier alpha value is -1.52. The molecule has 3 rings (SSSR count). The van der Waals surface area contributed by atoms with Crippen molar-refractivity contribution in [2.75, 3.05) is 7.11 Å². The summed E-state index contributed by atoms with van der Waals surface area (Å²) in [6.07, 6.45) is 1.83. The summed E-state index contributed by atoms with van der Waals surface area (Å²) >= 11 is 7.59. The molecule has 0 saturated heterocycles. The lowest BCUT2D eigenvalue weighted by Gasteiger charge is -2.07. The molecule has 2 aromatic heterocycles. The second-order valence-corrected chi connectivity index (χ2v) is 5.41. The number of benzene rings is 1. The average Bonchev–Trinajstić information content (AvgIpc) is 2.99. The monoisotopic (exact) mass is 292 g/mol. The van der Waals surface area contributed by atoms with Crippen molar-refractivity contribution in [3.05, 3.63) is 41.0 Å². The second-order valence-electron chi connectivity index (χ2n) is 4.31. The number of nitrogens with zero attached hydrogens (tertiary/aromatic N) is 2. The van der Waals surface area contributed by atoms with E-state index in [0.717, 1.165) is 33.2 Å². The molecule has 0 aliphatic rings. The quantitative estimate of drug-likeness (QED) is 0.679. The van der Waals surface area contributed by atoms with E-state index in [2.05, 4.69) is 26.9 Å². The first-order valence-corrected chi connectivity index (χ1v) is 7.31. The number of hydrogen-bond acceptors (Lipinski definition) is 3. The third-order valence-corrected chi connectivity index (χ3v) is 4.26. The van der Waals surface area contributed by atoms with Crippen LogP contribution in [0.3, 0.4) is 0 Å². The van der Waals surface area contributed by atoms with E-state index in [4.69, 9.17) is 16.3 Å². The maximum Gasteiger partial charge on any atom is 0.194 e. The van der Waals surface area contributed by atoms with Crippen molar-refractivity contribution in [2.45, 2.75) is 12.8 Å². The molecule has 0 unspecified atom stereocenters. The van der Waals surface area contributed by atoms with E-state index in [9.17, 15) is 0 Å². The van der Waals surface area contributed by atoms with Crippen molar-refractivity contribution in [3.63, 3.8) is 0 Å². The number of aromatic nitrogens is 2. The molecule has 0 aliphatic heterocycles. The van der Waals surface area contributed by atoms with Crippen LogP contribution in [-0.2, 0) is 5.88 Å². The molecule has 0 aliphatic carbocycles. The van der Waals surface area contributed by atoms with Crippen LogP contribution >= 0.6 is 22.9 Å². The van der Waals surface area contributed by atoms with Gasteiger partial charge in [0, 0.05) is 5.38 Å². The smallest absolute Gasteiger partial charge is 0.194 e. The van der Waals surface area contributed by atoms with Gasteiger partial charge in [-0.1, -0.05) is 0 Å². The predicted molar refractivity (Wildman–Crippen MR) is 79.4 cm³/mol. The molecule has 2 heterocycles. The fourth-order valence-electron chi connectivity index (χ4n) is 2.20. The summed E-state index contributed by atoms with van der Waals surface area (Å²) < 4.78 is 7.41. The van der Waals surface area contributed by atoms with E-state index in [1.165, 1.54) is 0 Å². The summed E-state index contributed by atoms with van der Waals surface area (Å²) in [7, 11) is 1.69. The van der Waals surface area contributed by atoms with Gasteiger partial charge in [-0.2, -0.15) is 0 Å². The molecule has 0 atom stereocenters. The van der Waals surface area contributed by atoms with E-state index in [-0.39, 0.29) is 0 Å². The Kier molecular flexibility index (Phi) is 3.21. The molecule has 0 radical (unpaired) electrons. The van der Waals surface area contributed by atoms with Crippen LogP contribution < -0.4 is 4.74 Å². The Morgan fingerprint density at radius 3 is 2.95 bits per heavy atom. The molecular weight excluding hydrogens is 280 g/mol. The molecule has 3 nitrogen and oxygen atoms in total. The average molecular weight is 293 g/mol. The van der Waals surface area contributed by atoms with Gasteiger partial charge in [-0.05, 0) is 36.2 Å². The van der Waals surface area contributed by atoms with Crippen LogP contribution in [0.5, 0.6) is 5.75 Å². The van der Waals surface area contributed by atoms with Gasteiger partial charge in [0.05, 0.1) is 30.6 Å². The summed E-state index contributed by atoms with van der Waals surface area (Å²) in [5.41, 5.74) is 4.40. The summed E-state index contributed by atoms with van der Waals surface area (Å²) in [5.74, 6) is 1.36. The summed E-state index contributed by atoms with van der Waals surface area (Å²) in [4.78, 5) is 5.34. The molecular formula is C14H13ClN2OS. The number of thiazole rings is 1. The molecule has 98 valence electrons. The summed E-state index contributed by atoms with van der Waals surface area (Å²) in [5, 5.41) is 2.11. The standard InChI is InChI=1S/C14H13ClN2OS/c1-9-5-10(3-4-13(9)18-2)12-8-19-14-16-7-11(6-15)17(12)14/h3-5,7-8H,6H2,1-2H3. The van der Waals surface area contributed by atoms with Crippen LogP contribution in [0, 0.1) is 6.92 Å². The Morgan fingerprint density at radius 2 is 2.26 bits per heavy atom. The Labute approximate surface area is 120 Å². The van der Waals surface area contributed by atoms with Gasteiger partial charge in [-0.3, -0.25) is 4.40 Å². The minimum Gasteiger partial charge on any atom is -0.496 e. The summed E-state index contributed by atoms with van der Waals surface area (Å²) in [6, 6.07) is 6.18. The van der Waals surface area contributed by atoms with Gasteiger partial charge in [0.1, 0.15) is 5.75 Å². The predicted octanol–water partition coefficient (Wildman–Crippen LogP) is 4.12. The maximum absolute atomic E-state index is 5.97. The topological polar surface area (TPSA) is 26.5 Å². The van der Waals surface area contributed by atoms with E-state index in [1.54, 1.807) is 18.4 Å². The highest BCUT2D eigenvalue weighted by Gasteiger charge is 2.12. The number of fused-ring (bicyclic) bond motifs is 1. The first-order chi connectivity index (χ1) is 9.24. The number of alkyl halides is 1. The molecule has 0 bridgehead atoms. The van der Waals surface area contributed by atoms with Gasteiger partial charge >= 0.3 is 0 Å². The number of aryl methyl sites for hydroxylation is 1. The lowest BCUT2D eigenvalue weighted by molar-refractivity contribution is 0.412. The van der Waals surface area contributed by atoms with Crippen molar-refractivity contribution in [1.29, 1.82) is 0 Å². The van der Waals surface area contributed by atoms with Crippen molar-refractivity contribution >= 4 is 27.9 Å². The Morgan fingerprint density at radius 1 is 1.42 bits per heavy atom. The van der Waals surface area contributed by atoms with Gasteiger partial charge < -0.3 is 4.74 Å². The van der Waals surface area contributed by atoms with E-state index in [1.807, 2.05) is 19.2 Å². The largest absolute Gasteiger partial charge is 0.496 e. The van der Waals surface area contributed by atoms with Crippen LogP contribution in [0.1, 0.15) is 11.3 Å². The van der Waals surface area contributed by atoms with Crippen molar-refractivity contribution in [3.8, 4) is 17.0 Å². The maximum atomic E-state index is 5.97. The molecule has 0 N–H and O–H groups in total. The van der Waals surface area contributed by atoms with Crippen LogP contribution in [0.15, 0.2) is 29.8 Å². The number of hydrogen-bond donors (Lipinski definition) is 0. The number of methoxy groups -OCH3 is 1. The Balaban J connectivity index is 2.18. The minimum absolute atomic E-state index is 0.458. The second kappa shape index (κ2) is 4.87. The molecule has 0 amide bonds. The first kappa shape index (κ1) is 12.5. The van der Waals surface area contributed by atoms with Crippen LogP contribution in [0.25, 0.3) is 16.2 Å².